The van der Waals surface area contributed by atoms with Gasteiger partial charge in [0.05, 0.1) is 38.6 Å². The highest BCUT2D eigenvalue weighted by Crippen LogP contribution is 2.33. The highest BCUT2D eigenvalue weighted by atomic mass is 16.8. The molecule has 3 rings (SSSR count). The summed E-state index contributed by atoms with van der Waals surface area (Å²) in [6.45, 7) is 1.62. The van der Waals surface area contributed by atoms with Crippen molar-refractivity contribution in [1.29, 1.82) is 0 Å². The molecule has 0 aromatic heterocycles. The van der Waals surface area contributed by atoms with Gasteiger partial charge in [-0.25, -0.2) is 0 Å². The number of allylic oxidation sites excluding steroid dienone is 19. The van der Waals surface area contributed by atoms with Gasteiger partial charge in [-0.3, -0.25) is 4.79 Å². The molecule has 3 heterocycles. The van der Waals surface area contributed by atoms with E-state index < -0.39 is 124 Å². The van der Waals surface area contributed by atoms with E-state index >= 15 is 0 Å². The molecule has 0 bridgehead atoms. The van der Waals surface area contributed by atoms with Gasteiger partial charge in [-0.1, -0.05) is 289 Å². The molecule has 17 unspecified atom stereocenters. The van der Waals surface area contributed by atoms with Crippen LogP contribution in [0.3, 0.4) is 0 Å². The van der Waals surface area contributed by atoms with E-state index in [1.807, 2.05) is 6.08 Å². The number of hydrogen-bond acceptors (Lipinski definition) is 18. The van der Waals surface area contributed by atoms with Gasteiger partial charge in [0.1, 0.15) is 73.2 Å². The number of carbonyl (C=O) groups is 1. The van der Waals surface area contributed by atoms with Crippen molar-refractivity contribution in [3.05, 3.63) is 122 Å². The van der Waals surface area contributed by atoms with Crippen LogP contribution in [0.5, 0.6) is 0 Å². The number of aliphatic hydroxyl groups excluding tert-OH is 11. The zero-order chi connectivity index (χ0) is 73.9. The Bertz CT molecular complexity index is 2320. The van der Waals surface area contributed by atoms with Crippen LogP contribution in [-0.2, 0) is 33.2 Å². The number of hydrogen-bond donors (Lipinski definition) is 12. The summed E-state index contributed by atoms with van der Waals surface area (Å²) in [5, 5.41) is 121. The predicted octanol–water partition coefficient (Wildman–Crippen LogP) is 13.1. The number of unbranched alkanes of at least 4 members (excludes halogenated alkanes) is 27. The Labute approximate surface area is 614 Å². The largest absolute Gasteiger partial charge is 0.394 e. The van der Waals surface area contributed by atoms with E-state index in [2.05, 4.69) is 129 Å². The van der Waals surface area contributed by atoms with Gasteiger partial charge in [0.2, 0.25) is 5.91 Å². The van der Waals surface area contributed by atoms with Crippen molar-refractivity contribution < 1.29 is 89.4 Å². The van der Waals surface area contributed by atoms with Crippen molar-refractivity contribution in [2.75, 3.05) is 26.4 Å². The third-order valence-electron chi connectivity index (χ3n) is 19.0. The van der Waals surface area contributed by atoms with E-state index in [9.17, 15) is 61.0 Å². The maximum absolute atomic E-state index is 13.5. The minimum Gasteiger partial charge on any atom is -0.394 e. The molecular formula is C83H141NO18. The number of carbonyl (C=O) groups excluding carboxylic acids is 1. The summed E-state index contributed by atoms with van der Waals surface area (Å²) in [5.74, 6) is -0.297. The Morgan fingerprint density at radius 1 is 0.363 bits per heavy atom. The Morgan fingerprint density at radius 2 is 0.676 bits per heavy atom. The van der Waals surface area contributed by atoms with Crippen molar-refractivity contribution >= 4 is 5.91 Å². The average Bonchev–Trinajstić information content (AvgIpc) is 0.781. The van der Waals surface area contributed by atoms with Crippen molar-refractivity contribution in [2.24, 2.45) is 0 Å². The highest BCUT2D eigenvalue weighted by Gasteiger charge is 2.53. The van der Waals surface area contributed by atoms with E-state index in [1.165, 1.54) is 122 Å². The number of amides is 1. The van der Waals surface area contributed by atoms with E-state index in [4.69, 9.17) is 28.4 Å². The SMILES string of the molecule is CC/C=C\C/C=C\C/C=C\C/C=C\C/C=C\C/C=C\C/C=C\C/C=C\C/C=C\CCCCCCCC(=O)NC(COC1OC(CO)C(OC2OC(CO)C(OC3OC(CO)C(O)C(O)C3O)C(O)C2O)C(O)C1O)C(O)/C=C/CCCCCCCCCCCCCCCCCCCCCCCC. The van der Waals surface area contributed by atoms with Crippen LogP contribution in [0.4, 0.5) is 0 Å². The fraction of sp³-hybridized carbons (Fsp3) is 0.747. The van der Waals surface area contributed by atoms with Crippen LogP contribution in [0, 0.1) is 0 Å². The van der Waals surface area contributed by atoms with Crippen LogP contribution < -0.4 is 5.32 Å². The average molecular weight is 1440 g/mol. The topological polar surface area (TPSA) is 307 Å². The van der Waals surface area contributed by atoms with Gasteiger partial charge in [0.25, 0.3) is 0 Å². The molecule has 19 nitrogen and oxygen atoms in total. The molecule has 19 heteroatoms. The molecule has 3 fully saturated rings. The molecule has 3 aliphatic rings. The zero-order valence-corrected chi connectivity index (χ0v) is 62.5. The first-order valence-electron chi connectivity index (χ1n) is 39.8. The molecule has 0 radical (unpaired) electrons. The van der Waals surface area contributed by atoms with Gasteiger partial charge in [0.15, 0.2) is 18.9 Å². The van der Waals surface area contributed by atoms with Crippen LogP contribution in [0.2, 0.25) is 0 Å². The molecule has 0 aromatic carbocycles. The molecule has 3 aliphatic heterocycles. The third kappa shape index (κ3) is 41.9. The predicted molar refractivity (Wildman–Crippen MR) is 406 cm³/mol. The van der Waals surface area contributed by atoms with E-state index in [-0.39, 0.29) is 18.9 Å². The Balaban J connectivity index is 1.40. The standard InChI is InChI=1S/C83H141NO18/c1-3-5-7-9-11-13-15-17-19-21-23-25-27-29-30-31-32-33-34-35-36-37-39-41-43-45-47-49-51-53-55-57-59-61-71(89)84-66(67(88)60-58-56-54-52-50-48-46-44-42-40-38-28-26-24-22-20-18-16-14-12-10-8-6-4-2)65-97-81-77(95)74(92)79(69(63-86)99-81)102-83-78(96)75(93)80(70(64-87)100-83)101-82-76(94)73(91)72(90)68(62-85)98-82/h5,7,11,13,17,19,23,25,29-30,32-33,35-36,39,41,45,47,58,60,66-70,72-83,85-88,90-96H,3-4,6,8-10,12,14-16,18,20-22,24,26-28,31,34,37-38,40,42-44,46,48-57,59,61-65H2,1-2H3,(H,84,89)/b7-5-,13-11-,19-17-,25-23-,30-29-,33-32-,36-35-,41-39-,47-45-,60-58+. The molecular weight excluding hydrogens is 1300 g/mol. The van der Waals surface area contributed by atoms with Crippen LogP contribution in [0.1, 0.15) is 264 Å². The fourth-order valence-electron chi connectivity index (χ4n) is 12.7. The minimum absolute atomic E-state index is 0.213. The summed E-state index contributed by atoms with van der Waals surface area (Å²) in [5.41, 5.74) is 0. The third-order valence-corrected chi connectivity index (χ3v) is 19.0. The first-order valence-corrected chi connectivity index (χ1v) is 39.8. The highest BCUT2D eigenvalue weighted by molar-refractivity contribution is 5.76. The monoisotopic (exact) mass is 1440 g/mol. The maximum atomic E-state index is 13.5. The lowest BCUT2D eigenvalue weighted by Gasteiger charge is -2.48. The van der Waals surface area contributed by atoms with E-state index in [0.717, 1.165) is 116 Å². The summed E-state index contributed by atoms with van der Waals surface area (Å²) in [6, 6.07) is -0.995. The Hall–Kier alpha value is -3.81. The number of rotatable bonds is 61. The quantitative estimate of drug-likeness (QED) is 0.0199. The maximum Gasteiger partial charge on any atom is 0.220 e. The molecule has 3 saturated heterocycles. The zero-order valence-electron chi connectivity index (χ0n) is 62.5. The summed E-state index contributed by atoms with van der Waals surface area (Å²) in [7, 11) is 0. The molecule has 17 atom stereocenters. The normalized spacial score (nSPS) is 26.9. The molecule has 0 aromatic rings. The van der Waals surface area contributed by atoms with Gasteiger partial charge < -0.3 is 89.9 Å². The summed E-state index contributed by atoms with van der Waals surface area (Å²) in [4.78, 5) is 13.5. The Morgan fingerprint density at radius 3 is 1.06 bits per heavy atom. The van der Waals surface area contributed by atoms with Crippen LogP contribution >= 0.6 is 0 Å². The van der Waals surface area contributed by atoms with Gasteiger partial charge >= 0.3 is 0 Å². The number of ether oxygens (including phenoxy) is 6. The van der Waals surface area contributed by atoms with Crippen LogP contribution in [0.15, 0.2) is 122 Å². The molecule has 0 aliphatic carbocycles. The second kappa shape index (κ2) is 62.3. The van der Waals surface area contributed by atoms with E-state index in [0.29, 0.717) is 6.42 Å². The van der Waals surface area contributed by atoms with Crippen molar-refractivity contribution in [2.45, 2.75) is 369 Å². The number of nitrogens with one attached hydrogen (secondary N) is 1. The van der Waals surface area contributed by atoms with Gasteiger partial charge in [-0.05, 0) is 89.9 Å². The minimum atomic E-state index is -1.99. The molecule has 0 spiro atoms. The lowest BCUT2D eigenvalue weighted by molar-refractivity contribution is -0.379. The molecule has 586 valence electrons. The molecule has 102 heavy (non-hydrogen) atoms. The number of aliphatic hydroxyl groups is 11. The van der Waals surface area contributed by atoms with E-state index in [1.54, 1.807) is 6.08 Å². The van der Waals surface area contributed by atoms with Crippen LogP contribution in [-0.4, -0.2) is 193 Å². The van der Waals surface area contributed by atoms with Gasteiger partial charge in [0, 0.05) is 6.42 Å². The van der Waals surface area contributed by atoms with Crippen molar-refractivity contribution in [1.82, 2.24) is 5.32 Å². The molecule has 0 saturated carbocycles. The van der Waals surface area contributed by atoms with Gasteiger partial charge in [-0.15, -0.1) is 0 Å². The summed E-state index contributed by atoms with van der Waals surface area (Å²) < 4.78 is 34.4. The van der Waals surface area contributed by atoms with Crippen LogP contribution in [0.25, 0.3) is 0 Å². The lowest BCUT2D eigenvalue weighted by Crippen LogP contribution is -2.66. The summed E-state index contributed by atoms with van der Waals surface area (Å²) in [6.07, 6.45) is 60.2. The molecule has 1 amide bonds. The smallest absolute Gasteiger partial charge is 0.220 e. The lowest BCUT2D eigenvalue weighted by atomic mass is 9.96. The Kier molecular flexibility index (Phi) is 56.4. The summed E-state index contributed by atoms with van der Waals surface area (Å²) >= 11 is 0. The molecule has 12 N–H and O–H groups in total. The van der Waals surface area contributed by atoms with Gasteiger partial charge in [-0.2, -0.15) is 0 Å². The van der Waals surface area contributed by atoms with Crippen molar-refractivity contribution in [3.8, 4) is 0 Å². The first-order chi connectivity index (χ1) is 49.8. The fourth-order valence-corrected chi connectivity index (χ4v) is 12.7. The van der Waals surface area contributed by atoms with Crippen molar-refractivity contribution in [3.63, 3.8) is 0 Å². The first kappa shape index (κ1) is 92.4. The second-order valence-electron chi connectivity index (χ2n) is 27.8. The second-order valence-corrected chi connectivity index (χ2v) is 27.8.